The summed E-state index contributed by atoms with van der Waals surface area (Å²) in [4.78, 5) is 17.7. The summed E-state index contributed by atoms with van der Waals surface area (Å²) in [7, 11) is 0. The maximum atomic E-state index is 13.2. The molecule has 0 spiro atoms. The number of hydrogen-bond acceptors (Lipinski definition) is 3. The largest absolute Gasteiger partial charge is 0.348 e. The molecule has 4 aliphatic rings. The monoisotopic (exact) mass is 412 g/mol. The van der Waals surface area contributed by atoms with Crippen molar-refractivity contribution >= 4 is 17.5 Å². The minimum absolute atomic E-state index is 0.138. The van der Waals surface area contributed by atoms with Crippen LogP contribution in [0.1, 0.15) is 67.3 Å². The first-order valence-corrected chi connectivity index (χ1v) is 11.2. The second-order valence-corrected chi connectivity index (χ2v) is 10.2. The van der Waals surface area contributed by atoms with Crippen LogP contribution >= 0.6 is 11.6 Å². The lowest BCUT2D eigenvalue weighted by atomic mass is 9.48. The van der Waals surface area contributed by atoms with Crippen LogP contribution in [-0.2, 0) is 0 Å². The second-order valence-electron chi connectivity index (χ2n) is 9.81. The zero-order chi connectivity index (χ0) is 20.3. The van der Waals surface area contributed by atoms with E-state index in [1.54, 1.807) is 16.8 Å². The van der Waals surface area contributed by atoms with Crippen LogP contribution in [0.15, 0.2) is 18.2 Å². The molecule has 1 amide bonds. The number of aromatic nitrogens is 3. The van der Waals surface area contributed by atoms with E-state index in [0.717, 1.165) is 29.1 Å². The van der Waals surface area contributed by atoms with Crippen LogP contribution in [0.3, 0.4) is 0 Å². The molecule has 0 unspecified atom stereocenters. The normalized spacial score (nSPS) is 31.1. The van der Waals surface area contributed by atoms with Gasteiger partial charge in [0.2, 0.25) is 0 Å². The van der Waals surface area contributed by atoms with Gasteiger partial charge in [0.25, 0.3) is 5.91 Å². The second kappa shape index (κ2) is 6.83. The molecule has 4 fully saturated rings. The average molecular weight is 413 g/mol. The third-order valence-corrected chi connectivity index (χ3v) is 7.93. The summed E-state index contributed by atoms with van der Waals surface area (Å²) in [6, 6.07) is 5.68. The Hall–Kier alpha value is -1.88. The number of carbonyl (C=O) groups excluding carboxylic acids is 1. The van der Waals surface area contributed by atoms with Gasteiger partial charge in [-0.25, -0.2) is 9.67 Å². The Balaban J connectivity index is 1.38. The lowest BCUT2D eigenvalue weighted by molar-refractivity contribution is -0.0688. The van der Waals surface area contributed by atoms with Crippen LogP contribution in [0.4, 0.5) is 0 Å². The van der Waals surface area contributed by atoms with Gasteiger partial charge >= 0.3 is 0 Å². The summed E-state index contributed by atoms with van der Waals surface area (Å²) >= 11 is 6.37. The van der Waals surface area contributed by atoms with E-state index in [0.29, 0.717) is 10.8 Å². The van der Waals surface area contributed by atoms with Gasteiger partial charge in [-0.15, -0.1) is 0 Å². The van der Waals surface area contributed by atoms with Gasteiger partial charge in [0, 0.05) is 11.7 Å². The molecule has 154 valence electrons. The number of rotatable bonds is 4. The van der Waals surface area contributed by atoms with Crippen molar-refractivity contribution in [1.82, 2.24) is 20.1 Å². The molecule has 6 heteroatoms. The summed E-state index contributed by atoms with van der Waals surface area (Å²) in [6.07, 6.45) is 7.97. The summed E-state index contributed by atoms with van der Waals surface area (Å²) in [5.74, 6) is 3.01. The van der Waals surface area contributed by atoms with E-state index in [1.807, 2.05) is 19.9 Å². The molecule has 2 aromatic rings. The quantitative estimate of drug-likeness (QED) is 0.779. The zero-order valence-electron chi connectivity index (χ0n) is 17.4. The summed E-state index contributed by atoms with van der Waals surface area (Å²) in [5, 5.41) is 8.13. The van der Waals surface area contributed by atoms with Crippen molar-refractivity contribution in [1.29, 1.82) is 0 Å². The number of pyridine rings is 1. The first-order chi connectivity index (χ1) is 13.8. The van der Waals surface area contributed by atoms with E-state index < -0.39 is 0 Å². The molecular weight excluding hydrogens is 384 g/mol. The molecular formula is C23H29ClN4O. The van der Waals surface area contributed by atoms with Gasteiger partial charge in [0.15, 0.2) is 5.82 Å². The number of halogens is 1. The Morgan fingerprint density at radius 3 is 2.34 bits per heavy atom. The fourth-order valence-electron chi connectivity index (χ4n) is 6.70. The Morgan fingerprint density at radius 1 is 1.17 bits per heavy atom. The Labute approximate surface area is 177 Å². The summed E-state index contributed by atoms with van der Waals surface area (Å²) in [6.45, 7) is 6.11. The molecule has 4 bridgehead atoms. The van der Waals surface area contributed by atoms with E-state index in [4.69, 9.17) is 11.6 Å². The van der Waals surface area contributed by atoms with Gasteiger partial charge in [0.1, 0.15) is 5.69 Å². The molecule has 0 aromatic carbocycles. The zero-order valence-corrected chi connectivity index (χ0v) is 18.2. The minimum atomic E-state index is -0.179. The number of nitrogens with one attached hydrogen (secondary N) is 1. The molecule has 0 radical (unpaired) electrons. The van der Waals surface area contributed by atoms with E-state index in [2.05, 4.69) is 22.3 Å². The van der Waals surface area contributed by atoms with Gasteiger partial charge in [-0.3, -0.25) is 4.79 Å². The van der Waals surface area contributed by atoms with Gasteiger partial charge in [-0.1, -0.05) is 11.6 Å². The Morgan fingerprint density at radius 2 is 1.79 bits per heavy atom. The van der Waals surface area contributed by atoms with Crippen molar-refractivity contribution in [2.24, 2.45) is 23.2 Å². The van der Waals surface area contributed by atoms with Crippen molar-refractivity contribution < 1.29 is 4.79 Å². The lowest BCUT2D eigenvalue weighted by Crippen LogP contribution is -2.55. The topological polar surface area (TPSA) is 59.8 Å². The van der Waals surface area contributed by atoms with E-state index in [9.17, 15) is 4.79 Å². The molecule has 6 rings (SSSR count). The van der Waals surface area contributed by atoms with E-state index in [-0.39, 0.29) is 23.1 Å². The molecule has 5 nitrogen and oxygen atoms in total. The van der Waals surface area contributed by atoms with Crippen molar-refractivity contribution in [2.75, 3.05) is 0 Å². The van der Waals surface area contributed by atoms with Crippen molar-refractivity contribution in [2.45, 2.75) is 65.3 Å². The van der Waals surface area contributed by atoms with Crippen molar-refractivity contribution in [3.05, 3.63) is 40.3 Å². The highest BCUT2D eigenvalue weighted by atomic mass is 35.5. The molecule has 1 atom stereocenters. The van der Waals surface area contributed by atoms with Gasteiger partial charge < -0.3 is 5.32 Å². The molecule has 0 saturated heterocycles. The fraction of sp³-hybridized carbons (Fsp3) is 0.609. The fourth-order valence-corrected chi connectivity index (χ4v) is 6.89. The number of hydrogen-bond donors (Lipinski definition) is 1. The minimum Gasteiger partial charge on any atom is -0.348 e. The number of aryl methyl sites for hydroxylation is 2. The average Bonchev–Trinajstić information content (AvgIpc) is 2.99. The highest BCUT2D eigenvalue weighted by Gasteiger charge is 2.53. The maximum absolute atomic E-state index is 13.2. The van der Waals surface area contributed by atoms with E-state index in [1.165, 1.54) is 38.5 Å². The highest BCUT2D eigenvalue weighted by Crippen LogP contribution is 2.61. The van der Waals surface area contributed by atoms with Crippen LogP contribution in [-0.4, -0.2) is 26.7 Å². The maximum Gasteiger partial charge on any atom is 0.271 e. The molecule has 4 saturated carbocycles. The molecule has 2 aromatic heterocycles. The third kappa shape index (κ3) is 3.27. The van der Waals surface area contributed by atoms with Gasteiger partial charge in [-0.2, -0.15) is 5.10 Å². The van der Waals surface area contributed by atoms with E-state index >= 15 is 0 Å². The third-order valence-electron chi connectivity index (χ3n) is 7.62. The Bertz CT molecular complexity index is 930. The molecule has 1 N–H and O–H groups in total. The lowest BCUT2D eigenvalue weighted by Gasteiger charge is -2.59. The van der Waals surface area contributed by atoms with Crippen LogP contribution in [0.5, 0.6) is 0 Å². The SMILES string of the molecule is Cc1cc(C)n(-c2ccc(Cl)c(C(=O)N[C@H](C)C34CC5CC(CC(C5)C3)C4)n2)n1. The predicted octanol–water partition coefficient (Wildman–Crippen LogP) is 4.87. The predicted molar refractivity (Wildman–Crippen MR) is 113 cm³/mol. The van der Waals surface area contributed by atoms with Gasteiger partial charge in [0.05, 0.1) is 10.7 Å². The number of carbonyl (C=O) groups is 1. The molecule has 4 aliphatic carbocycles. The standard InChI is InChI=1S/C23H29ClN4O/c1-13-6-14(2)28(27-13)20-5-4-19(24)21(26-20)22(29)25-15(3)23-10-16-7-17(11-23)9-18(8-16)12-23/h4-6,15-18H,7-12H2,1-3H3,(H,25,29)/t15-,16?,17?,18?,23?/m1/s1. The smallest absolute Gasteiger partial charge is 0.271 e. The van der Waals surface area contributed by atoms with Crippen molar-refractivity contribution in [3.8, 4) is 5.82 Å². The van der Waals surface area contributed by atoms with Crippen LogP contribution < -0.4 is 5.32 Å². The first kappa shape index (κ1) is 19.1. The summed E-state index contributed by atoms with van der Waals surface area (Å²) in [5.41, 5.74) is 2.43. The van der Waals surface area contributed by atoms with Crippen LogP contribution in [0.2, 0.25) is 5.02 Å². The Kier molecular flexibility index (Phi) is 4.50. The van der Waals surface area contributed by atoms with Crippen LogP contribution in [0.25, 0.3) is 5.82 Å². The number of amides is 1. The molecule has 29 heavy (non-hydrogen) atoms. The number of nitrogens with zero attached hydrogens (tertiary/aromatic N) is 3. The first-order valence-electron chi connectivity index (χ1n) is 10.8. The molecule has 0 aliphatic heterocycles. The van der Waals surface area contributed by atoms with Crippen molar-refractivity contribution in [3.63, 3.8) is 0 Å². The van der Waals surface area contributed by atoms with Gasteiger partial charge in [-0.05, 0) is 101 Å². The summed E-state index contributed by atoms with van der Waals surface area (Å²) < 4.78 is 1.75. The van der Waals surface area contributed by atoms with Crippen LogP contribution in [0, 0.1) is 37.0 Å². The highest BCUT2D eigenvalue weighted by molar-refractivity contribution is 6.33. The molecule has 2 heterocycles.